The average Bonchev–Trinajstić information content (AvgIpc) is 3.14. The first-order chi connectivity index (χ1) is 9.47. The van der Waals surface area contributed by atoms with Gasteiger partial charge in [-0.05, 0) is 46.0 Å². The van der Waals surface area contributed by atoms with Crippen LogP contribution < -0.4 is 5.32 Å². The van der Waals surface area contributed by atoms with Crippen molar-refractivity contribution in [3.8, 4) is 0 Å². The zero-order valence-electron chi connectivity index (χ0n) is 13.1. The van der Waals surface area contributed by atoms with Gasteiger partial charge in [0, 0.05) is 36.2 Å². The minimum absolute atomic E-state index is 0.0348. The van der Waals surface area contributed by atoms with Crippen LogP contribution in [0.5, 0.6) is 0 Å². The highest BCUT2D eigenvalue weighted by atomic mass is 32.1. The highest BCUT2D eigenvalue weighted by Crippen LogP contribution is 2.44. The number of hydrogen-bond acceptors (Lipinski definition) is 4. The largest absolute Gasteiger partial charge is 0.308 e. The second kappa shape index (κ2) is 5.08. The van der Waals surface area contributed by atoms with Crippen LogP contribution in [-0.4, -0.2) is 34.6 Å². The van der Waals surface area contributed by atoms with Crippen molar-refractivity contribution in [3.63, 3.8) is 0 Å². The van der Waals surface area contributed by atoms with E-state index in [1.165, 1.54) is 24.3 Å². The molecule has 2 atom stereocenters. The summed E-state index contributed by atoms with van der Waals surface area (Å²) in [6, 6.07) is 0.612. The molecule has 1 aromatic heterocycles. The number of nitrogens with one attached hydrogen (secondary N) is 1. The van der Waals surface area contributed by atoms with Gasteiger partial charge in [0.25, 0.3) is 0 Å². The van der Waals surface area contributed by atoms with E-state index in [4.69, 9.17) is 0 Å². The standard InChI is InChI=1S/C16H27N3S/c1-5-13-10-18-16(4,12-6-7-12)11-19(13)15(2,3)14-17-8-9-20-14/h8-9,12-13,18H,5-7,10-11H2,1-4H3. The molecule has 0 aromatic carbocycles. The molecule has 1 saturated carbocycles. The van der Waals surface area contributed by atoms with Crippen LogP contribution in [0, 0.1) is 5.92 Å². The molecule has 3 rings (SSSR count). The average molecular weight is 293 g/mol. The quantitative estimate of drug-likeness (QED) is 0.924. The van der Waals surface area contributed by atoms with Gasteiger partial charge in [-0.3, -0.25) is 4.90 Å². The fourth-order valence-electron chi connectivity index (χ4n) is 3.66. The van der Waals surface area contributed by atoms with Crippen LogP contribution in [0.2, 0.25) is 0 Å². The molecular weight excluding hydrogens is 266 g/mol. The Morgan fingerprint density at radius 2 is 2.25 bits per heavy atom. The van der Waals surface area contributed by atoms with Crippen LogP contribution in [-0.2, 0) is 5.54 Å². The fourth-order valence-corrected chi connectivity index (χ4v) is 4.44. The fraction of sp³-hybridized carbons (Fsp3) is 0.812. The van der Waals surface area contributed by atoms with Crippen LogP contribution >= 0.6 is 11.3 Å². The molecule has 0 radical (unpaired) electrons. The summed E-state index contributed by atoms with van der Waals surface area (Å²) in [4.78, 5) is 7.31. The van der Waals surface area contributed by atoms with E-state index >= 15 is 0 Å². The van der Waals surface area contributed by atoms with Crippen molar-refractivity contribution in [1.82, 2.24) is 15.2 Å². The van der Waals surface area contributed by atoms with Gasteiger partial charge in [-0.1, -0.05) is 6.92 Å². The maximum absolute atomic E-state index is 4.60. The van der Waals surface area contributed by atoms with Gasteiger partial charge in [-0.15, -0.1) is 11.3 Å². The molecular formula is C16H27N3S. The highest BCUT2D eigenvalue weighted by Gasteiger charge is 2.49. The van der Waals surface area contributed by atoms with Crippen molar-refractivity contribution in [3.05, 3.63) is 16.6 Å². The summed E-state index contributed by atoms with van der Waals surface area (Å²) >= 11 is 1.79. The summed E-state index contributed by atoms with van der Waals surface area (Å²) in [6.07, 6.45) is 5.92. The lowest BCUT2D eigenvalue weighted by Crippen LogP contribution is -2.67. The molecule has 1 aliphatic carbocycles. The number of piperazine rings is 1. The monoisotopic (exact) mass is 293 g/mol. The van der Waals surface area contributed by atoms with Crippen molar-refractivity contribution < 1.29 is 0 Å². The molecule has 2 fully saturated rings. The van der Waals surface area contributed by atoms with Gasteiger partial charge in [0.1, 0.15) is 5.01 Å². The first-order valence-electron chi connectivity index (χ1n) is 7.89. The first kappa shape index (κ1) is 14.5. The zero-order valence-corrected chi connectivity index (χ0v) is 14.0. The predicted octanol–water partition coefficient (Wildman–Crippen LogP) is 3.23. The number of rotatable bonds is 4. The van der Waals surface area contributed by atoms with E-state index < -0.39 is 0 Å². The van der Waals surface area contributed by atoms with E-state index in [9.17, 15) is 0 Å². The van der Waals surface area contributed by atoms with Crippen LogP contribution in [0.4, 0.5) is 0 Å². The normalized spacial score (nSPS) is 32.5. The molecule has 0 bridgehead atoms. The van der Waals surface area contributed by atoms with Gasteiger partial charge < -0.3 is 5.32 Å². The van der Waals surface area contributed by atoms with Crippen molar-refractivity contribution in [2.24, 2.45) is 5.92 Å². The van der Waals surface area contributed by atoms with E-state index in [0.717, 1.165) is 19.0 Å². The molecule has 1 saturated heterocycles. The van der Waals surface area contributed by atoms with Gasteiger partial charge in [-0.25, -0.2) is 4.98 Å². The Balaban J connectivity index is 1.87. The highest BCUT2D eigenvalue weighted by molar-refractivity contribution is 7.09. The third-order valence-electron chi connectivity index (χ3n) is 5.30. The smallest absolute Gasteiger partial charge is 0.112 e. The van der Waals surface area contributed by atoms with Crippen LogP contribution in [0.25, 0.3) is 0 Å². The number of aromatic nitrogens is 1. The van der Waals surface area contributed by atoms with Crippen molar-refractivity contribution in [2.45, 2.75) is 64.1 Å². The van der Waals surface area contributed by atoms with Crippen molar-refractivity contribution >= 4 is 11.3 Å². The van der Waals surface area contributed by atoms with Gasteiger partial charge in [-0.2, -0.15) is 0 Å². The predicted molar refractivity (Wildman–Crippen MR) is 85.1 cm³/mol. The van der Waals surface area contributed by atoms with Crippen LogP contribution in [0.15, 0.2) is 11.6 Å². The lowest BCUT2D eigenvalue weighted by atomic mass is 9.86. The molecule has 1 aromatic rings. The molecule has 112 valence electrons. The second-order valence-electron chi connectivity index (χ2n) is 7.16. The summed E-state index contributed by atoms with van der Waals surface area (Å²) < 4.78 is 0. The molecule has 0 spiro atoms. The Morgan fingerprint density at radius 1 is 1.50 bits per heavy atom. The molecule has 1 N–H and O–H groups in total. The minimum atomic E-state index is 0.0348. The maximum atomic E-state index is 4.60. The topological polar surface area (TPSA) is 28.2 Å². The molecule has 2 aliphatic rings. The third kappa shape index (κ3) is 2.42. The van der Waals surface area contributed by atoms with E-state index in [1.54, 1.807) is 11.3 Å². The summed E-state index contributed by atoms with van der Waals surface area (Å²) in [5, 5.41) is 7.19. The molecule has 3 nitrogen and oxygen atoms in total. The third-order valence-corrected chi connectivity index (χ3v) is 6.39. The molecule has 1 aliphatic heterocycles. The lowest BCUT2D eigenvalue weighted by Gasteiger charge is -2.52. The first-order valence-corrected chi connectivity index (χ1v) is 8.77. The number of hydrogen-bond donors (Lipinski definition) is 1. The molecule has 20 heavy (non-hydrogen) atoms. The summed E-state index contributed by atoms with van der Waals surface area (Å²) in [5.74, 6) is 0.870. The Hall–Kier alpha value is -0.450. The maximum Gasteiger partial charge on any atom is 0.112 e. The van der Waals surface area contributed by atoms with Crippen molar-refractivity contribution in [1.29, 1.82) is 0 Å². The van der Waals surface area contributed by atoms with E-state index in [2.05, 4.69) is 48.3 Å². The molecule has 0 amide bonds. The number of nitrogens with zero attached hydrogens (tertiary/aromatic N) is 2. The second-order valence-corrected chi connectivity index (χ2v) is 8.05. The zero-order chi connectivity index (χ0) is 14.4. The van der Waals surface area contributed by atoms with Gasteiger partial charge in [0.2, 0.25) is 0 Å². The Morgan fingerprint density at radius 3 is 2.80 bits per heavy atom. The van der Waals surface area contributed by atoms with Gasteiger partial charge in [0.15, 0.2) is 0 Å². The van der Waals surface area contributed by atoms with Crippen LogP contribution in [0.1, 0.15) is 52.0 Å². The summed E-state index contributed by atoms with van der Waals surface area (Å²) in [7, 11) is 0. The molecule has 2 unspecified atom stereocenters. The SMILES string of the molecule is CCC1CNC(C)(C2CC2)CN1C(C)(C)c1nccs1. The van der Waals surface area contributed by atoms with Gasteiger partial charge in [0.05, 0.1) is 5.54 Å². The van der Waals surface area contributed by atoms with E-state index in [1.807, 2.05) is 6.20 Å². The Kier molecular flexibility index (Phi) is 3.68. The summed E-state index contributed by atoms with van der Waals surface area (Å²) in [6.45, 7) is 11.7. The van der Waals surface area contributed by atoms with Crippen LogP contribution in [0.3, 0.4) is 0 Å². The van der Waals surface area contributed by atoms with E-state index in [-0.39, 0.29) is 5.54 Å². The molecule has 4 heteroatoms. The number of thiazole rings is 1. The lowest BCUT2D eigenvalue weighted by molar-refractivity contribution is -0.00618. The molecule has 2 heterocycles. The summed E-state index contributed by atoms with van der Waals surface area (Å²) in [5.41, 5.74) is 0.327. The van der Waals surface area contributed by atoms with E-state index in [0.29, 0.717) is 11.6 Å². The Labute approximate surface area is 126 Å². The Bertz CT molecular complexity index is 452. The van der Waals surface area contributed by atoms with Crippen molar-refractivity contribution in [2.75, 3.05) is 13.1 Å². The van der Waals surface area contributed by atoms with Gasteiger partial charge >= 0.3 is 0 Å². The minimum Gasteiger partial charge on any atom is -0.308 e.